The van der Waals surface area contributed by atoms with Gasteiger partial charge in [0.15, 0.2) is 10.8 Å². The number of carbonyl (C=O) groups excluding carboxylic acids is 2. The second-order valence-electron chi connectivity index (χ2n) is 9.88. The van der Waals surface area contributed by atoms with Crippen molar-refractivity contribution in [2.75, 3.05) is 5.32 Å². The van der Waals surface area contributed by atoms with Gasteiger partial charge in [-0.15, -0.1) is 35.3 Å². The number of halogens is 1. The van der Waals surface area contributed by atoms with Gasteiger partial charge in [0.1, 0.15) is 28.5 Å². The molecule has 1 heterocycles. The van der Waals surface area contributed by atoms with Crippen LogP contribution in [0.5, 0.6) is 0 Å². The number of carbonyl (C=O) groups is 2. The number of nitrogens with one attached hydrogen (secondary N) is 2. The van der Waals surface area contributed by atoms with Crippen molar-refractivity contribution >= 4 is 80.7 Å². The lowest BCUT2D eigenvalue weighted by Crippen LogP contribution is -2.37. The summed E-state index contributed by atoms with van der Waals surface area (Å²) in [4.78, 5) is 32.7. The molecule has 2 amide bonds. The standard InChI is InChI=1S/C37H28N3O2PS.HI/c41-35(29-18-8-2-9-19-29)39-33(36(42)40-37-38-26-27-44-37)34(28-16-6-1-7-17-28)43(30-20-10-3-11-21-30,31-22-12-4-13-23-31)32-24-14-5-15-25-32;/h1-27H,(H-,38,39,40,41,42);1H/p+1/b34-33+;. The van der Waals surface area contributed by atoms with Crippen molar-refractivity contribution in [2.45, 2.75) is 0 Å². The van der Waals surface area contributed by atoms with E-state index in [0.717, 1.165) is 26.8 Å². The quantitative estimate of drug-likeness (QED) is 0.0918. The lowest BCUT2D eigenvalue weighted by Gasteiger charge is -2.31. The maximum atomic E-state index is 14.5. The summed E-state index contributed by atoms with van der Waals surface area (Å²) in [5.41, 5.74) is 1.45. The third-order valence-electron chi connectivity index (χ3n) is 7.20. The lowest BCUT2D eigenvalue weighted by molar-refractivity contribution is -0.113. The van der Waals surface area contributed by atoms with Gasteiger partial charge in [-0.1, -0.05) is 103 Å². The van der Waals surface area contributed by atoms with E-state index >= 15 is 0 Å². The van der Waals surface area contributed by atoms with Gasteiger partial charge in [-0.05, 0) is 48.5 Å². The zero-order chi connectivity index (χ0) is 30.2. The van der Waals surface area contributed by atoms with Crippen LogP contribution >= 0.6 is 42.6 Å². The minimum atomic E-state index is -2.85. The van der Waals surface area contributed by atoms with Crippen molar-refractivity contribution in [1.82, 2.24) is 10.3 Å². The van der Waals surface area contributed by atoms with Gasteiger partial charge in [-0.3, -0.25) is 14.9 Å². The van der Waals surface area contributed by atoms with Crippen LogP contribution in [0.2, 0.25) is 0 Å². The maximum Gasteiger partial charge on any atom is 0.278 e. The monoisotopic (exact) mass is 738 g/mol. The third-order valence-corrected chi connectivity index (χ3v) is 12.3. The molecule has 0 aliphatic carbocycles. The zero-order valence-corrected chi connectivity index (χ0v) is 28.2. The Morgan fingerprint density at radius 3 is 1.42 bits per heavy atom. The summed E-state index contributed by atoms with van der Waals surface area (Å²) in [7, 11) is -2.85. The van der Waals surface area contributed by atoms with E-state index < -0.39 is 13.2 Å². The van der Waals surface area contributed by atoms with Gasteiger partial charge in [0.25, 0.3) is 11.8 Å². The van der Waals surface area contributed by atoms with Gasteiger partial charge in [0, 0.05) is 22.7 Å². The van der Waals surface area contributed by atoms with Crippen molar-refractivity contribution in [3.63, 3.8) is 0 Å². The van der Waals surface area contributed by atoms with Gasteiger partial charge in [0.05, 0.1) is 0 Å². The largest absolute Gasteiger partial charge is 0.314 e. The number of aromatic nitrogens is 1. The van der Waals surface area contributed by atoms with Gasteiger partial charge in [-0.2, -0.15) is 0 Å². The molecule has 1 aromatic heterocycles. The van der Waals surface area contributed by atoms with Crippen LogP contribution in [-0.2, 0) is 4.79 Å². The Morgan fingerprint density at radius 2 is 1.00 bits per heavy atom. The Kier molecular flexibility index (Phi) is 10.7. The molecule has 6 rings (SSSR count). The lowest BCUT2D eigenvalue weighted by atomic mass is 10.1. The van der Waals surface area contributed by atoms with E-state index in [-0.39, 0.29) is 35.6 Å². The van der Waals surface area contributed by atoms with E-state index in [0.29, 0.717) is 10.7 Å². The van der Waals surface area contributed by atoms with Crippen molar-refractivity contribution in [2.24, 2.45) is 0 Å². The highest BCUT2D eigenvalue weighted by atomic mass is 127. The molecule has 0 saturated carbocycles. The number of hydrogen-bond acceptors (Lipinski definition) is 4. The van der Waals surface area contributed by atoms with Crippen LogP contribution in [0, 0.1) is 0 Å². The van der Waals surface area contributed by atoms with Gasteiger partial charge < -0.3 is 5.32 Å². The van der Waals surface area contributed by atoms with E-state index in [1.54, 1.807) is 35.8 Å². The second-order valence-corrected chi connectivity index (χ2v) is 14.1. The molecule has 0 aliphatic rings. The first-order chi connectivity index (χ1) is 21.7. The summed E-state index contributed by atoms with van der Waals surface area (Å²) in [6.45, 7) is 0. The molecule has 5 aromatic carbocycles. The molecule has 2 N–H and O–H groups in total. The molecule has 0 bridgehead atoms. The average molecular weight is 739 g/mol. The number of anilines is 1. The fraction of sp³-hybridized carbons (Fsp3) is 0. The van der Waals surface area contributed by atoms with Crippen LogP contribution in [0.3, 0.4) is 0 Å². The number of amides is 2. The molecule has 0 radical (unpaired) electrons. The molecule has 0 unspecified atom stereocenters. The fourth-order valence-electron chi connectivity index (χ4n) is 5.33. The van der Waals surface area contributed by atoms with E-state index in [1.807, 2.05) is 91.0 Å². The third kappa shape index (κ3) is 6.81. The maximum absolute atomic E-state index is 14.5. The number of nitrogens with zero attached hydrogens (tertiary/aromatic N) is 1. The normalized spacial score (nSPS) is 11.5. The molecule has 6 aromatic rings. The summed E-state index contributed by atoms with van der Waals surface area (Å²) >= 11 is 1.32. The topological polar surface area (TPSA) is 71.1 Å². The van der Waals surface area contributed by atoms with E-state index in [2.05, 4.69) is 52.0 Å². The van der Waals surface area contributed by atoms with Crippen molar-refractivity contribution in [3.8, 4) is 0 Å². The Hall–Kier alpha value is -4.43. The number of benzene rings is 5. The summed E-state index contributed by atoms with van der Waals surface area (Å²) in [5.74, 6) is -0.828. The van der Waals surface area contributed by atoms with Crippen LogP contribution in [0.25, 0.3) is 5.31 Å². The first-order valence-corrected chi connectivity index (χ1v) is 16.8. The highest BCUT2D eigenvalue weighted by Crippen LogP contribution is 2.67. The van der Waals surface area contributed by atoms with Crippen LogP contribution < -0.4 is 26.5 Å². The van der Waals surface area contributed by atoms with Gasteiger partial charge in [-0.25, -0.2) is 4.98 Å². The summed E-state index contributed by atoms with van der Waals surface area (Å²) < 4.78 is 0. The smallest absolute Gasteiger partial charge is 0.278 e. The first kappa shape index (κ1) is 32.0. The van der Waals surface area contributed by atoms with Gasteiger partial charge in [0.2, 0.25) is 0 Å². The van der Waals surface area contributed by atoms with Crippen molar-refractivity contribution < 1.29 is 9.59 Å². The number of hydrogen-bond donors (Lipinski definition) is 2. The molecule has 45 heavy (non-hydrogen) atoms. The zero-order valence-electron chi connectivity index (χ0n) is 24.1. The molecular formula is C37H30IN3O2PS+. The molecule has 0 aliphatic heterocycles. The molecular weight excluding hydrogens is 708 g/mol. The molecule has 8 heteroatoms. The Labute approximate surface area is 284 Å². The Morgan fingerprint density at radius 1 is 0.578 bits per heavy atom. The first-order valence-electron chi connectivity index (χ1n) is 14.1. The number of rotatable bonds is 9. The molecule has 0 atom stereocenters. The van der Waals surface area contributed by atoms with Crippen LogP contribution in [0.15, 0.2) is 169 Å². The minimum absolute atomic E-state index is 0. The Bertz CT molecular complexity index is 1780. The highest BCUT2D eigenvalue weighted by Gasteiger charge is 2.52. The SMILES string of the molecule is I.O=C(Nc1nccs1)/C(NC(=O)c1ccccc1)=C(/c1ccccc1)[P+](c1ccccc1)(c1ccccc1)c1ccccc1. The summed E-state index contributed by atoms with van der Waals surface area (Å²) in [6.07, 6.45) is 1.64. The van der Waals surface area contributed by atoms with Crippen LogP contribution in [0.4, 0.5) is 5.13 Å². The van der Waals surface area contributed by atoms with Crippen LogP contribution in [0.1, 0.15) is 15.9 Å². The molecule has 5 nitrogen and oxygen atoms in total. The Balaban J connectivity index is 0.00000400. The molecule has 222 valence electrons. The van der Waals surface area contributed by atoms with Crippen molar-refractivity contribution in [1.29, 1.82) is 0 Å². The van der Waals surface area contributed by atoms with Crippen LogP contribution in [-0.4, -0.2) is 16.8 Å². The fourth-order valence-corrected chi connectivity index (χ4v) is 10.4. The average Bonchev–Trinajstić information content (AvgIpc) is 3.61. The predicted molar refractivity (Wildman–Crippen MR) is 199 cm³/mol. The summed E-state index contributed by atoms with van der Waals surface area (Å²) in [6, 6.07) is 49.7. The van der Waals surface area contributed by atoms with E-state index in [1.165, 1.54) is 11.3 Å². The second kappa shape index (κ2) is 15.0. The highest BCUT2D eigenvalue weighted by molar-refractivity contribution is 14.0. The number of thiazole rings is 1. The predicted octanol–water partition coefficient (Wildman–Crippen LogP) is 7.49. The molecule has 0 spiro atoms. The minimum Gasteiger partial charge on any atom is -0.314 e. The summed E-state index contributed by atoms with van der Waals surface area (Å²) in [5, 5.41) is 12.2. The van der Waals surface area contributed by atoms with Gasteiger partial charge >= 0.3 is 0 Å². The van der Waals surface area contributed by atoms with E-state index in [4.69, 9.17) is 0 Å². The van der Waals surface area contributed by atoms with E-state index in [9.17, 15) is 9.59 Å². The van der Waals surface area contributed by atoms with Crippen molar-refractivity contribution in [3.05, 3.63) is 180 Å². The molecule has 0 fully saturated rings. The molecule has 0 saturated heterocycles.